The van der Waals surface area contributed by atoms with E-state index in [-0.39, 0.29) is 11.1 Å². The first-order valence-electron chi connectivity index (χ1n) is 14.8. The van der Waals surface area contributed by atoms with Crippen molar-refractivity contribution in [2.75, 3.05) is 13.2 Å². The smallest absolute Gasteiger partial charge is 0.422 e. The molecule has 0 heterocycles. The van der Waals surface area contributed by atoms with Crippen LogP contribution in [0.25, 0.3) is 0 Å². The number of rotatable bonds is 9. The maximum atomic E-state index is 14.0. The SMILES string of the molecule is Fc1c(F)c(C(F)(F)F)c(F)c(F)c1C#Cc1ccc(OCCCCCCOc2ccc(C#Cc3c(F)c(F)c(C(F)(F)F)c(F)c3F)cc2)cc1. The van der Waals surface area contributed by atoms with Gasteiger partial charge in [-0.2, -0.15) is 26.3 Å². The predicted octanol–water partition coefficient (Wildman–Crippen LogP) is 10.7. The zero-order chi connectivity index (χ0) is 38.4. The fourth-order valence-corrected chi connectivity index (χ4v) is 4.46. The molecule has 0 unspecified atom stereocenters. The van der Waals surface area contributed by atoms with E-state index in [0.717, 1.165) is 12.8 Å². The van der Waals surface area contributed by atoms with Crippen LogP contribution in [0.2, 0.25) is 0 Å². The number of benzene rings is 4. The minimum Gasteiger partial charge on any atom is -0.494 e. The summed E-state index contributed by atoms with van der Waals surface area (Å²) in [5, 5.41) is 0. The standard InChI is InChI=1S/C36H20F14O2/c37-27-23(28(38)32(42)25(31(27)41)35(45,46)47)15-9-19-5-11-21(12-6-19)51-17-3-1-2-4-18-52-22-13-7-20(8-14-22)10-16-24-29(39)33(43)26(36(48,49)50)34(44)30(24)40/h5-8,11-14H,1-4,17-18H2. The van der Waals surface area contributed by atoms with Crippen molar-refractivity contribution in [3.8, 4) is 35.2 Å². The number of halogens is 14. The lowest BCUT2D eigenvalue weighted by molar-refractivity contribution is -0.144. The Morgan fingerprint density at radius 2 is 0.673 bits per heavy atom. The summed E-state index contributed by atoms with van der Waals surface area (Å²) in [4.78, 5) is 0. The van der Waals surface area contributed by atoms with Crippen molar-refractivity contribution in [1.29, 1.82) is 0 Å². The Labute approximate surface area is 286 Å². The Morgan fingerprint density at radius 1 is 0.385 bits per heavy atom. The molecule has 16 heteroatoms. The van der Waals surface area contributed by atoms with Gasteiger partial charge in [0.05, 0.1) is 13.2 Å². The average molecular weight is 751 g/mol. The van der Waals surface area contributed by atoms with Gasteiger partial charge >= 0.3 is 12.4 Å². The Balaban J connectivity index is 1.19. The van der Waals surface area contributed by atoms with Gasteiger partial charge in [-0.05, 0) is 74.2 Å². The van der Waals surface area contributed by atoms with Crippen LogP contribution in [0.5, 0.6) is 11.5 Å². The summed E-state index contributed by atoms with van der Waals surface area (Å²) < 4.78 is 199. The van der Waals surface area contributed by atoms with Crippen molar-refractivity contribution in [1.82, 2.24) is 0 Å². The van der Waals surface area contributed by atoms with E-state index in [4.69, 9.17) is 9.47 Å². The maximum Gasteiger partial charge on any atom is 0.422 e. The van der Waals surface area contributed by atoms with Gasteiger partial charge in [-0.1, -0.05) is 23.7 Å². The highest BCUT2D eigenvalue weighted by molar-refractivity contribution is 5.48. The van der Waals surface area contributed by atoms with E-state index in [1.54, 1.807) is 0 Å². The minimum absolute atomic E-state index is 0.117. The van der Waals surface area contributed by atoms with Gasteiger partial charge in [0.25, 0.3) is 0 Å². The van der Waals surface area contributed by atoms with E-state index in [1.165, 1.54) is 48.5 Å². The molecule has 4 rings (SSSR count). The highest BCUT2D eigenvalue weighted by atomic mass is 19.4. The van der Waals surface area contributed by atoms with Crippen molar-refractivity contribution in [3.63, 3.8) is 0 Å². The van der Waals surface area contributed by atoms with Gasteiger partial charge in [0.2, 0.25) is 0 Å². The Hall–Kier alpha value is -5.38. The van der Waals surface area contributed by atoms with Crippen LogP contribution in [0.4, 0.5) is 61.5 Å². The lowest BCUT2D eigenvalue weighted by Crippen LogP contribution is -2.16. The van der Waals surface area contributed by atoms with Crippen LogP contribution in [0.3, 0.4) is 0 Å². The summed E-state index contributed by atoms with van der Waals surface area (Å²) in [7, 11) is 0. The summed E-state index contributed by atoms with van der Waals surface area (Å²) in [5.41, 5.74) is -8.14. The molecule has 0 bridgehead atoms. The van der Waals surface area contributed by atoms with Crippen LogP contribution in [-0.2, 0) is 12.4 Å². The minimum atomic E-state index is -5.66. The Morgan fingerprint density at radius 3 is 0.942 bits per heavy atom. The molecule has 0 fully saturated rings. The largest absolute Gasteiger partial charge is 0.494 e. The summed E-state index contributed by atoms with van der Waals surface area (Å²) in [5.74, 6) is -10.7. The van der Waals surface area contributed by atoms with Gasteiger partial charge in [-0.3, -0.25) is 0 Å². The second kappa shape index (κ2) is 16.3. The average Bonchev–Trinajstić information content (AvgIpc) is 3.07. The number of ether oxygens (including phenoxy) is 2. The lowest BCUT2D eigenvalue weighted by Gasteiger charge is -2.11. The zero-order valence-corrected chi connectivity index (χ0v) is 26.0. The van der Waals surface area contributed by atoms with Gasteiger partial charge < -0.3 is 9.47 Å². The molecular weight excluding hydrogens is 730 g/mol. The fourth-order valence-electron chi connectivity index (χ4n) is 4.46. The summed E-state index contributed by atoms with van der Waals surface area (Å²) >= 11 is 0. The monoisotopic (exact) mass is 750 g/mol. The fraction of sp³-hybridized carbons (Fsp3) is 0.222. The van der Waals surface area contributed by atoms with Crippen LogP contribution in [0.1, 0.15) is 59.1 Å². The second-order valence-corrected chi connectivity index (χ2v) is 10.7. The molecule has 0 aromatic heterocycles. The first-order chi connectivity index (χ1) is 24.4. The molecule has 0 atom stereocenters. The van der Waals surface area contributed by atoms with E-state index in [0.29, 0.717) is 37.6 Å². The Bertz CT molecular complexity index is 1840. The van der Waals surface area contributed by atoms with Gasteiger partial charge in [0, 0.05) is 11.1 Å². The molecule has 0 saturated carbocycles. The van der Waals surface area contributed by atoms with Gasteiger partial charge in [0.15, 0.2) is 46.5 Å². The summed E-state index contributed by atoms with van der Waals surface area (Å²) in [6.07, 6.45) is -8.60. The first-order valence-corrected chi connectivity index (χ1v) is 14.8. The zero-order valence-electron chi connectivity index (χ0n) is 26.0. The van der Waals surface area contributed by atoms with Crippen LogP contribution in [-0.4, -0.2) is 13.2 Å². The number of unbranched alkanes of at least 4 members (excludes halogenated alkanes) is 3. The number of hydrogen-bond acceptors (Lipinski definition) is 2. The van der Waals surface area contributed by atoms with E-state index in [2.05, 4.69) is 11.8 Å². The van der Waals surface area contributed by atoms with Crippen molar-refractivity contribution >= 4 is 0 Å². The highest BCUT2D eigenvalue weighted by Gasteiger charge is 2.43. The molecule has 52 heavy (non-hydrogen) atoms. The Kier molecular flexibility index (Phi) is 12.4. The van der Waals surface area contributed by atoms with Crippen LogP contribution < -0.4 is 9.47 Å². The topological polar surface area (TPSA) is 18.5 Å². The lowest BCUT2D eigenvalue weighted by atomic mass is 10.1. The van der Waals surface area contributed by atoms with Crippen LogP contribution in [0, 0.1) is 70.2 Å². The van der Waals surface area contributed by atoms with Gasteiger partial charge in [-0.25, -0.2) is 35.1 Å². The van der Waals surface area contributed by atoms with Gasteiger partial charge in [0.1, 0.15) is 33.8 Å². The van der Waals surface area contributed by atoms with Crippen LogP contribution >= 0.6 is 0 Å². The van der Waals surface area contributed by atoms with E-state index >= 15 is 0 Å². The third-order valence-electron chi connectivity index (χ3n) is 7.04. The quantitative estimate of drug-likeness (QED) is 0.0734. The van der Waals surface area contributed by atoms with Crippen molar-refractivity contribution < 1.29 is 70.9 Å². The molecule has 0 spiro atoms. The molecule has 2 nitrogen and oxygen atoms in total. The molecule has 0 amide bonds. The molecule has 4 aromatic rings. The predicted molar refractivity (Wildman–Crippen MR) is 157 cm³/mol. The van der Waals surface area contributed by atoms with Crippen molar-refractivity contribution in [2.24, 2.45) is 0 Å². The van der Waals surface area contributed by atoms with Gasteiger partial charge in [-0.15, -0.1) is 0 Å². The molecule has 0 radical (unpaired) electrons. The summed E-state index contributed by atoms with van der Waals surface area (Å²) in [6, 6.07) is 11.2. The molecule has 0 aliphatic carbocycles. The summed E-state index contributed by atoms with van der Waals surface area (Å²) in [6.45, 7) is 0.600. The third kappa shape index (κ3) is 9.29. The van der Waals surface area contributed by atoms with Crippen molar-refractivity contribution in [3.05, 3.63) is 128 Å². The number of alkyl halides is 6. The molecule has 0 aliphatic rings. The third-order valence-corrected chi connectivity index (χ3v) is 7.04. The highest BCUT2D eigenvalue weighted by Crippen LogP contribution is 2.38. The van der Waals surface area contributed by atoms with E-state index in [1.807, 2.05) is 11.8 Å². The molecule has 274 valence electrons. The van der Waals surface area contributed by atoms with E-state index < -0.39 is 81.1 Å². The maximum absolute atomic E-state index is 14.0. The molecular formula is C36H20F14O2. The van der Waals surface area contributed by atoms with Crippen molar-refractivity contribution in [2.45, 2.75) is 38.0 Å². The second-order valence-electron chi connectivity index (χ2n) is 10.7. The number of hydrogen-bond donors (Lipinski definition) is 0. The first kappa shape index (κ1) is 39.4. The molecule has 4 aromatic carbocycles. The molecule has 0 saturated heterocycles. The normalized spacial score (nSPS) is 11.4. The molecule has 0 aliphatic heterocycles. The molecule has 0 N–H and O–H groups in total. The van der Waals surface area contributed by atoms with Crippen LogP contribution in [0.15, 0.2) is 48.5 Å². The van der Waals surface area contributed by atoms with E-state index in [9.17, 15) is 61.5 Å².